The Morgan fingerprint density at radius 2 is 1.86 bits per heavy atom. The molecule has 0 spiro atoms. The summed E-state index contributed by atoms with van der Waals surface area (Å²) in [5.74, 6) is -0.613. The lowest BCUT2D eigenvalue weighted by molar-refractivity contribution is -0.0949. The topological polar surface area (TPSA) is 85.2 Å². The van der Waals surface area contributed by atoms with E-state index in [1.807, 2.05) is 0 Å². The SMILES string of the molecule is COc1cc(O)c2c(C)cc(O)c3c2c1[C@@H](OC)OC3=O. The van der Waals surface area contributed by atoms with Crippen molar-refractivity contribution in [2.24, 2.45) is 0 Å². The van der Waals surface area contributed by atoms with Crippen LogP contribution in [0.5, 0.6) is 17.2 Å². The predicted octanol–water partition coefficient (Wildman–Crippen LogP) is 2.38. The third-order valence-electron chi connectivity index (χ3n) is 3.65. The lowest BCUT2D eigenvalue weighted by Gasteiger charge is -2.27. The molecule has 21 heavy (non-hydrogen) atoms. The van der Waals surface area contributed by atoms with Crippen molar-refractivity contribution in [2.75, 3.05) is 14.2 Å². The first-order valence-corrected chi connectivity index (χ1v) is 6.29. The second kappa shape index (κ2) is 4.53. The minimum absolute atomic E-state index is 0.00750. The van der Waals surface area contributed by atoms with Gasteiger partial charge in [-0.2, -0.15) is 0 Å². The van der Waals surface area contributed by atoms with Crippen LogP contribution in [0.4, 0.5) is 0 Å². The van der Waals surface area contributed by atoms with Crippen LogP contribution in [0.2, 0.25) is 0 Å². The van der Waals surface area contributed by atoms with Crippen LogP contribution >= 0.6 is 0 Å². The zero-order valence-electron chi connectivity index (χ0n) is 11.8. The minimum Gasteiger partial charge on any atom is -0.507 e. The van der Waals surface area contributed by atoms with Crippen molar-refractivity contribution in [1.29, 1.82) is 0 Å². The molecule has 0 saturated carbocycles. The number of cyclic esters (lactones) is 1. The van der Waals surface area contributed by atoms with E-state index in [4.69, 9.17) is 14.2 Å². The summed E-state index contributed by atoms with van der Waals surface area (Å²) in [4.78, 5) is 12.1. The summed E-state index contributed by atoms with van der Waals surface area (Å²) in [6.07, 6.45) is -0.954. The summed E-state index contributed by atoms with van der Waals surface area (Å²) in [5, 5.41) is 21.1. The second-order valence-corrected chi connectivity index (χ2v) is 4.82. The maximum Gasteiger partial charge on any atom is 0.345 e. The molecular weight excluding hydrogens is 276 g/mol. The highest BCUT2D eigenvalue weighted by Crippen LogP contribution is 2.48. The molecule has 1 aliphatic heterocycles. The van der Waals surface area contributed by atoms with Crippen LogP contribution in [0, 0.1) is 6.92 Å². The van der Waals surface area contributed by atoms with Crippen molar-refractivity contribution in [2.45, 2.75) is 13.2 Å². The molecule has 6 heteroatoms. The fraction of sp³-hybridized carbons (Fsp3) is 0.267. The molecule has 110 valence electrons. The van der Waals surface area contributed by atoms with E-state index < -0.39 is 12.3 Å². The summed E-state index contributed by atoms with van der Waals surface area (Å²) in [5.41, 5.74) is 1.12. The van der Waals surface area contributed by atoms with Crippen molar-refractivity contribution >= 4 is 16.7 Å². The fourth-order valence-corrected chi connectivity index (χ4v) is 2.79. The van der Waals surface area contributed by atoms with E-state index in [1.54, 1.807) is 6.92 Å². The number of carbonyl (C=O) groups is 1. The van der Waals surface area contributed by atoms with Crippen LogP contribution < -0.4 is 4.74 Å². The molecule has 0 fully saturated rings. The smallest absolute Gasteiger partial charge is 0.345 e. The zero-order chi connectivity index (χ0) is 15.3. The maximum absolute atomic E-state index is 12.1. The molecular formula is C15H14O6. The van der Waals surface area contributed by atoms with Crippen molar-refractivity contribution in [3.63, 3.8) is 0 Å². The van der Waals surface area contributed by atoms with Crippen molar-refractivity contribution < 1.29 is 29.2 Å². The first-order valence-electron chi connectivity index (χ1n) is 6.29. The summed E-state index contributed by atoms with van der Waals surface area (Å²) >= 11 is 0. The molecule has 0 radical (unpaired) electrons. The van der Waals surface area contributed by atoms with Crippen LogP contribution in [-0.2, 0) is 9.47 Å². The molecule has 0 saturated heterocycles. The van der Waals surface area contributed by atoms with E-state index >= 15 is 0 Å². The third-order valence-corrected chi connectivity index (χ3v) is 3.65. The lowest BCUT2D eigenvalue weighted by atomic mass is 9.91. The van der Waals surface area contributed by atoms with Crippen LogP contribution in [0.3, 0.4) is 0 Å². The predicted molar refractivity (Wildman–Crippen MR) is 73.7 cm³/mol. The Morgan fingerprint density at radius 1 is 1.14 bits per heavy atom. The number of phenolic OH excluding ortho intramolecular Hbond substituents is 2. The summed E-state index contributed by atoms with van der Waals surface area (Å²) in [6.45, 7) is 1.73. The van der Waals surface area contributed by atoms with Gasteiger partial charge in [0.15, 0.2) is 0 Å². The number of aromatic hydroxyl groups is 2. The van der Waals surface area contributed by atoms with Crippen molar-refractivity contribution in [1.82, 2.24) is 0 Å². The van der Waals surface area contributed by atoms with Gasteiger partial charge < -0.3 is 24.4 Å². The molecule has 0 amide bonds. The van der Waals surface area contributed by atoms with Crippen LogP contribution in [0.15, 0.2) is 12.1 Å². The van der Waals surface area contributed by atoms with E-state index in [1.165, 1.54) is 26.4 Å². The molecule has 1 atom stereocenters. The molecule has 1 heterocycles. The standard InChI is InChI=1S/C15H14O6/c1-6-4-7(16)11-13-10(6)8(17)5-9(19-2)12(13)15(20-3)21-14(11)18/h4-5,15-17H,1-3H3/t15-/m0/s1. The van der Waals surface area contributed by atoms with Gasteiger partial charge >= 0.3 is 5.97 Å². The van der Waals surface area contributed by atoms with E-state index in [9.17, 15) is 15.0 Å². The Balaban J connectivity index is 2.58. The highest BCUT2D eigenvalue weighted by atomic mass is 16.7. The summed E-state index contributed by atoms with van der Waals surface area (Å²) in [6, 6.07) is 2.86. The largest absolute Gasteiger partial charge is 0.507 e. The highest BCUT2D eigenvalue weighted by molar-refractivity contribution is 6.13. The fourth-order valence-electron chi connectivity index (χ4n) is 2.79. The van der Waals surface area contributed by atoms with Gasteiger partial charge in [-0.05, 0) is 18.6 Å². The van der Waals surface area contributed by atoms with E-state index in [0.29, 0.717) is 27.6 Å². The normalized spacial score (nSPS) is 16.9. The molecule has 3 rings (SSSR count). The molecule has 0 aliphatic carbocycles. The van der Waals surface area contributed by atoms with Gasteiger partial charge in [-0.3, -0.25) is 0 Å². The highest BCUT2D eigenvalue weighted by Gasteiger charge is 2.35. The Kier molecular flexibility index (Phi) is 2.91. The van der Waals surface area contributed by atoms with Crippen molar-refractivity contribution in [3.05, 3.63) is 28.8 Å². The van der Waals surface area contributed by atoms with Gasteiger partial charge in [0, 0.05) is 23.9 Å². The monoisotopic (exact) mass is 290 g/mol. The van der Waals surface area contributed by atoms with Crippen LogP contribution in [0.1, 0.15) is 27.8 Å². The van der Waals surface area contributed by atoms with Crippen molar-refractivity contribution in [3.8, 4) is 17.2 Å². The Hall–Kier alpha value is -2.47. The third kappa shape index (κ3) is 1.72. The molecule has 0 aromatic heterocycles. The van der Waals surface area contributed by atoms with Gasteiger partial charge in [-0.1, -0.05) is 0 Å². The zero-order valence-corrected chi connectivity index (χ0v) is 11.8. The lowest BCUT2D eigenvalue weighted by Crippen LogP contribution is -2.20. The van der Waals surface area contributed by atoms with E-state index in [0.717, 1.165) is 0 Å². The maximum atomic E-state index is 12.1. The summed E-state index contributed by atoms with van der Waals surface area (Å²) in [7, 11) is 2.84. The quantitative estimate of drug-likeness (QED) is 0.826. The van der Waals surface area contributed by atoms with Crippen LogP contribution in [-0.4, -0.2) is 30.4 Å². The first kappa shape index (κ1) is 13.5. The number of aryl methyl sites for hydroxylation is 1. The number of hydrogen-bond donors (Lipinski definition) is 2. The van der Waals surface area contributed by atoms with Gasteiger partial charge in [-0.25, -0.2) is 4.79 Å². The van der Waals surface area contributed by atoms with Crippen LogP contribution in [0.25, 0.3) is 10.8 Å². The first-order chi connectivity index (χ1) is 9.99. The van der Waals surface area contributed by atoms with Gasteiger partial charge in [0.05, 0.1) is 12.7 Å². The molecule has 1 aliphatic rings. The number of hydrogen-bond acceptors (Lipinski definition) is 6. The average molecular weight is 290 g/mol. The van der Waals surface area contributed by atoms with Gasteiger partial charge in [0.25, 0.3) is 0 Å². The molecule has 2 aromatic carbocycles. The molecule has 0 bridgehead atoms. The Labute approximate surface area is 120 Å². The number of phenols is 2. The molecule has 6 nitrogen and oxygen atoms in total. The average Bonchev–Trinajstić information content (AvgIpc) is 2.44. The van der Waals surface area contributed by atoms with E-state index in [-0.39, 0.29) is 17.1 Å². The van der Waals surface area contributed by atoms with Gasteiger partial charge in [0.2, 0.25) is 6.29 Å². The van der Waals surface area contributed by atoms with Gasteiger partial charge in [0.1, 0.15) is 22.8 Å². The molecule has 0 unspecified atom stereocenters. The number of carbonyl (C=O) groups excluding carboxylic acids is 1. The summed E-state index contributed by atoms with van der Waals surface area (Å²) < 4.78 is 15.6. The Morgan fingerprint density at radius 3 is 2.48 bits per heavy atom. The number of esters is 1. The van der Waals surface area contributed by atoms with E-state index in [2.05, 4.69) is 0 Å². The minimum atomic E-state index is -0.954. The Bertz CT molecular complexity index is 765. The van der Waals surface area contributed by atoms with Gasteiger partial charge in [-0.15, -0.1) is 0 Å². The molecule has 2 aromatic rings. The number of methoxy groups -OCH3 is 2. The second-order valence-electron chi connectivity index (χ2n) is 4.82. The number of benzene rings is 2. The number of rotatable bonds is 2. The number of ether oxygens (including phenoxy) is 3. The molecule has 2 N–H and O–H groups in total.